The van der Waals surface area contributed by atoms with E-state index < -0.39 is 8.07 Å². The molecule has 2 heterocycles. The maximum atomic E-state index is 4.98. The highest BCUT2D eigenvalue weighted by Crippen LogP contribution is 2.42. The summed E-state index contributed by atoms with van der Waals surface area (Å²) >= 11 is 1.92. The van der Waals surface area contributed by atoms with Crippen molar-refractivity contribution in [3.8, 4) is 11.3 Å². The van der Waals surface area contributed by atoms with Crippen molar-refractivity contribution in [2.24, 2.45) is 5.92 Å². The maximum Gasteiger partial charge on any atom is 0.0880 e. The summed E-state index contributed by atoms with van der Waals surface area (Å²) in [5.74, 6) is 0.638. The van der Waals surface area contributed by atoms with Gasteiger partial charge in [0.2, 0.25) is 0 Å². The standard InChI is InChI=1S/C32H37NSSi/c1-20(2)16-21-10-9-11-26-27-14-15-33-29(31(27)34-30(21)26)23-17-22-18-24(35(6,7)8)12-13-25(22)28(19-23)32(3,4)5/h9-15,17-20H,16H2,1-8H3. The highest BCUT2D eigenvalue weighted by atomic mass is 32.1. The average Bonchev–Trinajstić information content (AvgIpc) is 3.16. The molecule has 0 radical (unpaired) electrons. The summed E-state index contributed by atoms with van der Waals surface area (Å²) in [6.45, 7) is 18.9. The second-order valence-electron chi connectivity index (χ2n) is 12.5. The van der Waals surface area contributed by atoms with Crippen LogP contribution >= 0.6 is 11.3 Å². The van der Waals surface area contributed by atoms with Gasteiger partial charge in [-0.05, 0) is 57.9 Å². The van der Waals surface area contributed by atoms with Crippen molar-refractivity contribution in [2.75, 3.05) is 0 Å². The number of fused-ring (bicyclic) bond motifs is 4. The van der Waals surface area contributed by atoms with Gasteiger partial charge in [-0.25, -0.2) is 0 Å². The summed E-state index contributed by atoms with van der Waals surface area (Å²) in [5, 5.41) is 6.91. The van der Waals surface area contributed by atoms with Gasteiger partial charge in [0, 0.05) is 27.2 Å². The van der Waals surface area contributed by atoms with Crippen LogP contribution in [0.2, 0.25) is 19.6 Å². The van der Waals surface area contributed by atoms with Gasteiger partial charge >= 0.3 is 0 Å². The molecule has 180 valence electrons. The van der Waals surface area contributed by atoms with E-state index >= 15 is 0 Å². The van der Waals surface area contributed by atoms with Crippen molar-refractivity contribution in [3.63, 3.8) is 0 Å². The number of rotatable bonds is 4. The molecule has 0 bridgehead atoms. The minimum atomic E-state index is -1.41. The van der Waals surface area contributed by atoms with Crippen LogP contribution in [-0.4, -0.2) is 13.1 Å². The first-order valence-corrected chi connectivity index (χ1v) is 17.1. The Labute approximate surface area is 215 Å². The summed E-state index contributed by atoms with van der Waals surface area (Å²) in [7, 11) is -1.41. The monoisotopic (exact) mass is 495 g/mol. The van der Waals surface area contributed by atoms with E-state index in [9.17, 15) is 0 Å². The Morgan fingerprint density at radius 3 is 2.29 bits per heavy atom. The minimum absolute atomic E-state index is 0.0490. The Balaban J connectivity index is 1.81. The molecule has 1 nitrogen and oxygen atoms in total. The van der Waals surface area contributed by atoms with Crippen LogP contribution in [0.25, 0.3) is 42.2 Å². The molecule has 0 unspecified atom stereocenters. The van der Waals surface area contributed by atoms with Crippen LogP contribution in [0.5, 0.6) is 0 Å². The Kier molecular flexibility index (Phi) is 5.93. The molecule has 0 aliphatic carbocycles. The summed E-state index contributed by atoms with van der Waals surface area (Å²) in [6, 6.07) is 21.0. The first kappa shape index (κ1) is 24.2. The van der Waals surface area contributed by atoms with Crippen molar-refractivity contribution in [1.29, 1.82) is 0 Å². The van der Waals surface area contributed by atoms with Crippen molar-refractivity contribution >= 4 is 55.5 Å². The molecule has 0 saturated carbocycles. The molecule has 0 saturated heterocycles. The fraction of sp³-hybridized carbons (Fsp3) is 0.344. The highest BCUT2D eigenvalue weighted by molar-refractivity contribution is 7.26. The number of benzene rings is 3. The molecule has 0 N–H and O–H groups in total. The molecule has 2 aromatic heterocycles. The lowest BCUT2D eigenvalue weighted by Crippen LogP contribution is -2.37. The fourth-order valence-corrected chi connectivity index (χ4v) is 7.68. The number of hydrogen-bond donors (Lipinski definition) is 0. The smallest absolute Gasteiger partial charge is 0.0880 e. The largest absolute Gasteiger partial charge is 0.255 e. The van der Waals surface area contributed by atoms with Crippen LogP contribution in [0.15, 0.2) is 60.8 Å². The van der Waals surface area contributed by atoms with E-state index in [0.717, 1.165) is 12.1 Å². The third-order valence-electron chi connectivity index (χ3n) is 7.02. The highest BCUT2D eigenvalue weighted by Gasteiger charge is 2.22. The molecule has 0 amide bonds. The molecule has 0 aliphatic rings. The van der Waals surface area contributed by atoms with Gasteiger partial charge < -0.3 is 0 Å². The topological polar surface area (TPSA) is 12.9 Å². The van der Waals surface area contributed by atoms with E-state index in [1.54, 1.807) is 0 Å². The normalized spacial score (nSPS) is 12.9. The third kappa shape index (κ3) is 4.45. The number of nitrogens with zero attached hydrogens (tertiary/aromatic N) is 1. The van der Waals surface area contributed by atoms with Crippen LogP contribution in [0.4, 0.5) is 0 Å². The molecular weight excluding hydrogens is 459 g/mol. The van der Waals surface area contributed by atoms with Crippen LogP contribution < -0.4 is 5.19 Å². The first-order valence-electron chi connectivity index (χ1n) is 12.8. The summed E-state index contributed by atoms with van der Waals surface area (Å²) in [5.41, 5.74) is 5.25. The molecule has 0 spiro atoms. The Morgan fingerprint density at radius 1 is 0.857 bits per heavy atom. The zero-order chi connectivity index (χ0) is 25.1. The van der Waals surface area contributed by atoms with Gasteiger partial charge in [0.15, 0.2) is 0 Å². The minimum Gasteiger partial charge on any atom is -0.255 e. The molecule has 0 fully saturated rings. The second kappa shape index (κ2) is 8.57. The average molecular weight is 496 g/mol. The summed E-state index contributed by atoms with van der Waals surface area (Å²) in [6.07, 6.45) is 3.11. The predicted molar refractivity (Wildman–Crippen MR) is 160 cm³/mol. The molecule has 0 aliphatic heterocycles. The molecule has 0 atom stereocenters. The lowest BCUT2D eigenvalue weighted by molar-refractivity contribution is 0.596. The van der Waals surface area contributed by atoms with Crippen LogP contribution in [0.3, 0.4) is 0 Å². The maximum absolute atomic E-state index is 4.98. The van der Waals surface area contributed by atoms with Crippen molar-refractivity contribution in [3.05, 3.63) is 71.9 Å². The Morgan fingerprint density at radius 2 is 1.60 bits per heavy atom. The SMILES string of the molecule is CC(C)Cc1cccc2c1sc1c(-c3cc(C(C)(C)C)c4ccc([Si](C)(C)C)cc4c3)nccc12. The number of aromatic nitrogens is 1. The van der Waals surface area contributed by atoms with Gasteiger partial charge in [-0.3, -0.25) is 4.98 Å². The van der Waals surface area contributed by atoms with E-state index in [0.29, 0.717) is 5.92 Å². The van der Waals surface area contributed by atoms with Gasteiger partial charge in [-0.1, -0.05) is 95.8 Å². The second-order valence-corrected chi connectivity index (χ2v) is 18.6. The van der Waals surface area contributed by atoms with Crippen molar-refractivity contribution in [1.82, 2.24) is 4.98 Å². The number of pyridine rings is 1. The quantitative estimate of drug-likeness (QED) is 0.226. The van der Waals surface area contributed by atoms with Crippen LogP contribution in [0, 0.1) is 5.92 Å². The van der Waals surface area contributed by atoms with Crippen LogP contribution in [0.1, 0.15) is 45.7 Å². The predicted octanol–water partition coefficient (Wildman–Crippen LogP) is 9.31. The first-order chi connectivity index (χ1) is 16.4. The molecular formula is C32H37NSSi. The van der Waals surface area contributed by atoms with E-state index in [-0.39, 0.29) is 5.41 Å². The van der Waals surface area contributed by atoms with Gasteiger partial charge in [0.1, 0.15) is 0 Å². The van der Waals surface area contributed by atoms with Crippen molar-refractivity contribution in [2.45, 2.75) is 66.1 Å². The Hall–Kier alpha value is -2.49. The summed E-state index contributed by atoms with van der Waals surface area (Å²) in [4.78, 5) is 4.98. The third-order valence-corrected chi connectivity index (χ3v) is 10.4. The zero-order valence-electron chi connectivity index (χ0n) is 22.4. The molecule has 3 heteroatoms. The molecule has 35 heavy (non-hydrogen) atoms. The van der Waals surface area contributed by atoms with Gasteiger partial charge in [-0.15, -0.1) is 11.3 Å². The van der Waals surface area contributed by atoms with Gasteiger partial charge in [-0.2, -0.15) is 0 Å². The number of thiophene rings is 1. The lowest BCUT2D eigenvalue weighted by Gasteiger charge is -2.24. The Bertz CT molecular complexity index is 1560. The fourth-order valence-electron chi connectivity index (χ4n) is 5.18. The van der Waals surface area contributed by atoms with Gasteiger partial charge in [0.25, 0.3) is 0 Å². The van der Waals surface area contributed by atoms with E-state index in [1.165, 1.54) is 52.8 Å². The molecule has 5 aromatic rings. The molecule has 5 rings (SSSR count). The van der Waals surface area contributed by atoms with E-state index in [2.05, 4.69) is 109 Å². The zero-order valence-corrected chi connectivity index (χ0v) is 24.2. The number of hydrogen-bond acceptors (Lipinski definition) is 2. The van der Waals surface area contributed by atoms with E-state index in [1.807, 2.05) is 17.5 Å². The lowest BCUT2D eigenvalue weighted by atomic mass is 9.82. The van der Waals surface area contributed by atoms with E-state index in [4.69, 9.17) is 4.98 Å². The van der Waals surface area contributed by atoms with Crippen molar-refractivity contribution < 1.29 is 0 Å². The van der Waals surface area contributed by atoms with Crippen LogP contribution in [-0.2, 0) is 11.8 Å². The van der Waals surface area contributed by atoms with Gasteiger partial charge in [0.05, 0.1) is 18.5 Å². The summed E-state index contributed by atoms with van der Waals surface area (Å²) < 4.78 is 2.72. The molecule has 3 aromatic carbocycles.